The molecule has 0 aliphatic rings. The molecule has 2 heterocycles. The fourth-order valence-corrected chi connectivity index (χ4v) is 1.75. The molecule has 7 heteroatoms. The highest BCUT2D eigenvalue weighted by molar-refractivity contribution is 6.32. The molecule has 0 spiro atoms. The minimum absolute atomic E-state index is 0.0225. The van der Waals surface area contributed by atoms with E-state index in [4.69, 9.17) is 16.7 Å². The third kappa shape index (κ3) is 1.57. The van der Waals surface area contributed by atoms with Crippen LogP contribution >= 0.6 is 11.6 Å². The molecule has 0 amide bonds. The quantitative estimate of drug-likeness (QED) is 0.833. The molecule has 0 aliphatic carbocycles. The zero-order chi connectivity index (χ0) is 11.9. The maximum Gasteiger partial charge on any atom is 0.353 e. The van der Waals surface area contributed by atoms with Crippen LogP contribution in [0.5, 0.6) is 0 Å². The van der Waals surface area contributed by atoms with E-state index in [2.05, 4.69) is 15.3 Å². The van der Waals surface area contributed by atoms with E-state index in [0.29, 0.717) is 22.1 Å². The zero-order valence-corrected chi connectivity index (χ0v) is 9.41. The van der Waals surface area contributed by atoms with E-state index in [1.54, 1.807) is 14.0 Å². The number of carboxylic acids is 1. The summed E-state index contributed by atoms with van der Waals surface area (Å²) in [6.45, 7) is 1.79. The Morgan fingerprint density at radius 3 is 2.75 bits per heavy atom. The van der Waals surface area contributed by atoms with Gasteiger partial charge in [-0.2, -0.15) is 10.2 Å². The second kappa shape index (κ2) is 3.64. The van der Waals surface area contributed by atoms with Gasteiger partial charge in [-0.25, -0.2) is 4.79 Å². The first-order chi connectivity index (χ1) is 7.50. The predicted molar refractivity (Wildman–Crippen MR) is 57.5 cm³/mol. The summed E-state index contributed by atoms with van der Waals surface area (Å²) >= 11 is 6.04. The van der Waals surface area contributed by atoms with E-state index in [1.165, 1.54) is 10.7 Å². The number of carbonyl (C=O) groups is 1. The van der Waals surface area contributed by atoms with Crippen molar-refractivity contribution in [2.24, 2.45) is 7.05 Å². The van der Waals surface area contributed by atoms with Crippen molar-refractivity contribution in [3.05, 3.63) is 22.6 Å². The Kier molecular flexibility index (Phi) is 2.43. The minimum Gasteiger partial charge on any atom is -0.477 e. The van der Waals surface area contributed by atoms with Crippen LogP contribution in [0.25, 0.3) is 11.3 Å². The van der Waals surface area contributed by atoms with Crippen molar-refractivity contribution in [3.63, 3.8) is 0 Å². The van der Waals surface area contributed by atoms with E-state index in [-0.39, 0.29) is 5.69 Å². The molecule has 0 fully saturated rings. The monoisotopic (exact) mass is 240 g/mol. The Hall–Kier alpha value is -1.82. The molecule has 0 radical (unpaired) electrons. The van der Waals surface area contributed by atoms with Crippen LogP contribution in [0, 0.1) is 6.92 Å². The van der Waals surface area contributed by atoms with E-state index >= 15 is 0 Å². The average molecular weight is 241 g/mol. The third-order valence-electron chi connectivity index (χ3n) is 2.22. The van der Waals surface area contributed by atoms with Crippen LogP contribution in [0.1, 0.15) is 16.2 Å². The Morgan fingerprint density at radius 2 is 2.31 bits per heavy atom. The molecule has 0 saturated carbocycles. The van der Waals surface area contributed by atoms with Crippen molar-refractivity contribution in [3.8, 4) is 11.3 Å². The van der Waals surface area contributed by atoms with Gasteiger partial charge in [0.1, 0.15) is 10.8 Å². The first kappa shape index (κ1) is 10.7. The molecule has 2 aromatic heterocycles. The molecule has 0 saturated heterocycles. The number of hydrogen-bond acceptors (Lipinski definition) is 3. The summed E-state index contributed by atoms with van der Waals surface area (Å²) in [7, 11) is 1.71. The third-order valence-corrected chi connectivity index (χ3v) is 2.65. The molecule has 0 atom stereocenters. The second-order valence-corrected chi connectivity index (χ2v) is 3.70. The van der Waals surface area contributed by atoms with Crippen LogP contribution in [0.3, 0.4) is 0 Å². The summed E-state index contributed by atoms with van der Waals surface area (Å²) in [5.41, 5.74) is 1.85. The van der Waals surface area contributed by atoms with Gasteiger partial charge < -0.3 is 5.11 Å². The molecule has 2 rings (SSSR count). The lowest BCUT2D eigenvalue weighted by atomic mass is 10.2. The zero-order valence-electron chi connectivity index (χ0n) is 8.65. The van der Waals surface area contributed by atoms with Gasteiger partial charge in [0.2, 0.25) is 0 Å². The number of aromatic carboxylic acids is 1. The molecular formula is C9H9ClN4O2. The average Bonchev–Trinajstić information content (AvgIpc) is 2.74. The number of nitrogens with zero attached hydrogens (tertiary/aromatic N) is 3. The molecule has 0 unspecified atom stereocenters. The molecule has 0 aliphatic heterocycles. The van der Waals surface area contributed by atoms with Crippen LogP contribution in [0.4, 0.5) is 0 Å². The highest BCUT2D eigenvalue weighted by Gasteiger charge is 2.17. The highest BCUT2D eigenvalue weighted by atomic mass is 35.5. The Balaban J connectivity index is 2.54. The molecule has 84 valence electrons. The van der Waals surface area contributed by atoms with Crippen LogP contribution in [0.15, 0.2) is 6.07 Å². The lowest BCUT2D eigenvalue weighted by Gasteiger charge is -1.93. The number of halogens is 1. The summed E-state index contributed by atoms with van der Waals surface area (Å²) < 4.78 is 1.52. The van der Waals surface area contributed by atoms with Gasteiger partial charge in [0.25, 0.3) is 0 Å². The second-order valence-electron chi connectivity index (χ2n) is 3.35. The summed E-state index contributed by atoms with van der Waals surface area (Å²) in [6.07, 6.45) is 0. The Morgan fingerprint density at radius 1 is 1.62 bits per heavy atom. The fourth-order valence-electron chi connectivity index (χ4n) is 1.48. The number of nitrogens with one attached hydrogen (secondary N) is 1. The fraction of sp³-hybridized carbons (Fsp3) is 0.222. The van der Waals surface area contributed by atoms with Crippen LogP contribution < -0.4 is 0 Å². The van der Waals surface area contributed by atoms with Crippen molar-refractivity contribution < 1.29 is 9.90 Å². The number of H-pyrrole nitrogens is 1. The van der Waals surface area contributed by atoms with Gasteiger partial charge >= 0.3 is 5.97 Å². The predicted octanol–water partition coefficient (Wildman–Crippen LogP) is 1.47. The molecule has 0 aromatic carbocycles. The number of aromatic amines is 1. The normalized spacial score (nSPS) is 10.7. The largest absolute Gasteiger partial charge is 0.477 e. The van der Waals surface area contributed by atoms with Crippen LogP contribution in [-0.2, 0) is 7.05 Å². The topological polar surface area (TPSA) is 83.8 Å². The number of carboxylic acid groups (broad SMARTS) is 1. The lowest BCUT2D eigenvalue weighted by molar-refractivity contribution is 0.0690. The van der Waals surface area contributed by atoms with Crippen molar-refractivity contribution in [1.82, 2.24) is 20.0 Å². The summed E-state index contributed by atoms with van der Waals surface area (Å²) in [6, 6.07) is 1.43. The maximum absolute atomic E-state index is 10.7. The van der Waals surface area contributed by atoms with Crippen molar-refractivity contribution in [2.75, 3.05) is 0 Å². The molecule has 2 aromatic rings. The lowest BCUT2D eigenvalue weighted by Crippen LogP contribution is -1.95. The summed E-state index contributed by atoms with van der Waals surface area (Å²) in [5.74, 6) is -1.06. The van der Waals surface area contributed by atoms with Gasteiger partial charge in [0, 0.05) is 7.05 Å². The molecule has 2 N–H and O–H groups in total. The molecular weight excluding hydrogens is 232 g/mol. The van der Waals surface area contributed by atoms with E-state index in [9.17, 15) is 4.79 Å². The van der Waals surface area contributed by atoms with Crippen molar-refractivity contribution in [2.45, 2.75) is 6.92 Å². The number of rotatable bonds is 2. The smallest absolute Gasteiger partial charge is 0.353 e. The SMILES string of the molecule is Cc1nn(C)c(Cl)c1-c1cc(C(=O)O)[nH]n1. The van der Waals surface area contributed by atoms with Gasteiger partial charge in [0.15, 0.2) is 0 Å². The first-order valence-corrected chi connectivity index (χ1v) is 4.86. The number of aryl methyl sites for hydroxylation is 2. The standard InChI is InChI=1S/C9H9ClN4O2/c1-4-7(8(10)14(2)13-4)5-3-6(9(15)16)12-11-5/h3H,1-2H3,(H,11,12)(H,15,16). The van der Waals surface area contributed by atoms with Crippen molar-refractivity contribution in [1.29, 1.82) is 0 Å². The molecule has 0 bridgehead atoms. The van der Waals surface area contributed by atoms with Crippen molar-refractivity contribution >= 4 is 17.6 Å². The minimum atomic E-state index is -1.06. The van der Waals surface area contributed by atoms with Gasteiger partial charge in [-0.1, -0.05) is 11.6 Å². The molecule has 6 nitrogen and oxygen atoms in total. The van der Waals surface area contributed by atoms with Gasteiger partial charge in [-0.3, -0.25) is 9.78 Å². The van der Waals surface area contributed by atoms with Crippen LogP contribution in [0.2, 0.25) is 5.15 Å². The number of hydrogen-bond donors (Lipinski definition) is 2. The van der Waals surface area contributed by atoms with E-state index < -0.39 is 5.97 Å². The molecule has 16 heavy (non-hydrogen) atoms. The Labute approximate surface area is 95.8 Å². The van der Waals surface area contributed by atoms with Gasteiger partial charge in [-0.05, 0) is 13.0 Å². The summed E-state index contributed by atoms with van der Waals surface area (Å²) in [4.78, 5) is 10.7. The van der Waals surface area contributed by atoms with Gasteiger partial charge in [-0.15, -0.1) is 0 Å². The Bertz CT molecular complexity index is 558. The van der Waals surface area contributed by atoms with E-state index in [0.717, 1.165) is 0 Å². The van der Waals surface area contributed by atoms with E-state index in [1.807, 2.05) is 0 Å². The van der Waals surface area contributed by atoms with Crippen LogP contribution in [-0.4, -0.2) is 31.1 Å². The summed E-state index contributed by atoms with van der Waals surface area (Å²) in [5, 5.41) is 19.6. The highest BCUT2D eigenvalue weighted by Crippen LogP contribution is 2.29. The van der Waals surface area contributed by atoms with Gasteiger partial charge in [0.05, 0.1) is 17.0 Å². The maximum atomic E-state index is 10.7. The number of aromatic nitrogens is 4. The first-order valence-electron chi connectivity index (χ1n) is 4.49.